The molecule has 16 heteroatoms. The number of carbonyl (C=O) groups is 2. The lowest BCUT2D eigenvalue weighted by molar-refractivity contribution is -0.347. The molecule has 0 atom stereocenters. The third kappa shape index (κ3) is 6.95. The summed E-state index contributed by atoms with van der Waals surface area (Å²) < 4.78 is 123. The van der Waals surface area contributed by atoms with Crippen LogP contribution in [0.25, 0.3) is 0 Å². The van der Waals surface area contributed by atoms with Crippen LogP contribution in [0.5, 0.6) is 0 Å². The second kappa shape index (κ2) is 12.6. The Labute approximate surface area is 202 Å². The first-order valence-electron chi connectivity index (χ1n) is 11.4. The third-order valence-corrected chi connectivity index (χ3v) is 5.83. The Bertz CT molecular complexity index is 673. The van der Waals surface area contributed by atoms with E-state index in [0.29, 0.717) is 52.6 Å². The quantitative estimate of drug-likeness (QED) is 0.269. The van der Waals surface area contributed by atoms with Gasteiger partial charge in [0, 0.05) is 39.3 Å². The highest BCUT2D eigenvalue weighted by molar-refractivity contribution is 5.87. The lowest BCUT2D eigenvalue weighted by Gasteiger charge is -2.35. The minimum atomic E-state index is -6.87. The van der Waals surface area contributed by atoms with E-state index in [9.17, 15) is 44.7 Å². The highest BCUT2D eigenvalue weighted by Gasteiger charge is 2.84. The maximum absolute atomic E-state index is 14.1. The predicted octanol–water partition coefficient (Wildman–Crippen LogP) is 1.20. The van der Waals surface area contributed by atoms with E-state index in [2.05, 4.69) is 0 Å². The van der Waals surface area contributed by atoms with Crippen molar-refractivity contribution in [1.29, 1.82) is 0 Å². The molecular formula is C20H30F8N4O4. The molecule has 0 unspecified atom stereocenters. The number of ether oxygens (including phenoxy) is 2. The zero-order valence-corrected chi connectivity index (χ0v) is 19.5. The minimum Gasteiger partial charge on any atom is -0.379 e. The van der Waals surface area contributed by atoms with Gasteiger partial charge in [0.25, 0.3) is 11.8 Å². The first-order chi connectivity index (χ1) is 16.7. The zero-order chi connectivity index (χ0) is 27.0. The molecule has 0 aromatic carbocycles. The van der Waals surface area contributed by atoms with Crippen molar-refractivity contribution in [3.8, 4) is 0 Å². The van der Waals surface area contributed by atoms with Crippen molar-refractivity contribution in [3.63, 3.8) is 0 Å². The topological polar surface area (TPSA) is 83.1 Å². The van der Waals surface area contributed by atoms with Crippen LogP contribution in [0.1, 0.15) is 12.8 Å². The highest BCUT2D eigenvalue weighted by atomic mass is 19.4. The van der Waals surface area contributed by atoms with Crippen LogP contribution in [0, 0.1) is 0 Å². The summed E-state index contributed by atoms with van der Waals surface area (Å²) in [6, 6.07) is 0. The number of morpholine rings is 2. The van der Waals surface area contributed by atoms with Crippen molar-refractivity contribution >= 4 is 11.8 Å². The fraction of sp³-hybridized carbons (Fsp3) is 0.900. The van der Waals surface area contributed by atoms with Gasteiger partial charge in [-0.05, 0) is 25.9 Å². The van der Waals surface area contributed by atoms with Gasteiger partial charge in [0.05, 0.1) is 26.4 Å². The summed E-state index contributed by atoms with van der Waals surface area (Å²) in [5, 5.41) is 2.75. The van der Waals surface area contributed by atoms with Crippen molar-refractivity contribution in [1.82, 2.24) is 20.4 Å². The average molecular weight is 542 g/mol. The van der Waals surface area contributed by atoms with Gasteiger partial charge in [0.15, 0.2) is 0 Å². The van der Waals surface area contributed by atoms with Crippen molar-refractivity contribution in [3.05, 3.63) is 0 Å². The van der Waals surface area contributed by atoms with Crippen LogP contribution in [0.15, 0.2) is 0 Å². The van der Waals surface area contributed by atoms with Crippen LogP contribution in [0.4, 0.5) is 35.1 Å². The van der Waals surface area contributed by atoms with Gasteiger partial charge in [-0.15, -0.1) is 0 Å². The molecule has 0 radical (unpaired) electrons. The van der Waals surface area contributed by atoms with Gasteiger partial charge in [0.2, 0.25) is 0 Å². The Balaban J connectivity index is 1.90. The van der Waals surface area contributed by atoms with Gasteiger partial charge in [-0.25, -0.2) is 0 Å². The molecule has 2 rings (SSSR count). The second-order valence-corrected chi connectivity index (χ2v) is 8.42. The zero-order valence-electron chi connectivity index (χ0n) is 19.5. The summed E-state index contributed by atoms with van der Waals surface area (Å²) in [4.78, 5) is 26.9. The van der Waals surface area contributed by atoms with Crippen LogP contribution in [0.3, 0.4) is 0 Å². The number of rotatable bonds is 13. The average Bonchev–Trinajstić information content (AvgIpc) is 2.85. The van der Waals surface area contributed by atoms with Crippen LogP contribution >= 0.6 is 0 Å². The second-order valence-electron chi connectivity index (χ2n) is 8.42. The molecule has 2 heterocycles. The van der Waals surface area contributed by atoms with Crippen LogP contribution < -0.4 is 10.6 Å². The molecular weight excluding hydrogens is 512 g/mol. The maximum atomic E-state index is 14.1. The van der Waals surface area contributed by atoms with Crippen molar-refractivity contribution in [2.75, 3.05) is 78.8 Å². The first kappa shape index (κ1) is 30.4. The molecule has 0 aromatic rings. The van der Waals surface area contributed by atoms with E-state index in [1.807, 2.05) is 9.80 Å². The Morgan fingerprint density at radius 3 is 1.22 bits per heavy atom. The molecule has 0 bridgehead atoms. The molecule has 0 aliphatic carbocycles. The number of hydrogen-bond acceptors (Lipinski definition) is 6. The predicted molar refractivity (Wildman–Crippen MR) is 110 cm³/mol. The molecule has 0 aromatic heterocycles. The molecule has 210 valence electrons. The van der Waals surface area contributed by atoms with Gasteiger partial charge < -0.3 is 20.1 Å². The van der Waals surface area contributed by atoms with Gasteiger partial charge in [-0.1, -0.05) is 0 Å². The minimum absolute atomic E-state index is 0.00675. The van der Waals surface area contributed by atoms with Crippen LogP contribution in [-0.4, -0.2) is 124 Å². The van der Waals surface area contributed by atoms with E-state index in [1.165, 1.54) is 10.6 Å². The SMILES string of the molecule is O=C(NCCCN1CCOCC1)C(F)(F)C(F)(F)C(F)(F)C(F)(F)C(=O)NCCCN1CCOCC1. The molecule has 0 saturated carbocycles. The molecule has 0 spiro atoms. The van der Waals surface area contributed by atoms with Crippen molar-refractivity contribution in [2.24, 2.45) is 0 Å². The Morgan fingerprint density at radius 2 is 0.917 bits per heavy atom. The van der Waals surface area contributed by atoms with Gasteiger partial charge in [-0.3, -0.25) is 19.4 Å². The maximum Gasteiger partial charge on any atom is 0.392 e. The van der Waals surface area contributed by atoms with Crippen LogP contribution in [-0.2, 0) is 19.1 Å². The Hall–Kier alpha value is -1.78. The Kier molecular flexibility index (Phi) is 10.7. The van der Waals surface area contributed by atoms with Gasteiger partial charge >= 0.3 is 23.7 Å². The van der Waals surface area contributed by atoms with Crippen molar-refractivity contribution in [2.45, 2.75) is 36.5 Å². The standard InChI is InChI=1S/C20H30F8N4O4/c21-17(22,15(33)29-3-1-5-31-7-11-35-12-8-31)19(25,26)20(27,28)18(23,24)16(34)30-4-2-6-32-9-13-36-14-10-32/h1-14H2,(H,29,33)(H,30,34). The monoisotopic (exact) mass is 542 g/mol. The van der Waals surface area contributed by atoms with Crippen molar-refractivity contribution < 1.29 is 54.2 Å². The van der Waals surface area contributed by atoms with E-state index in [1.54, 1.807) is 0 Å². The van der Waals surface area contributed by atoms with Gasteiger partial charge in [0.1, 0.15) is 0 Å². The number of halogens is 8. The number of amides is 2. The van der Waals surface area contributed by atoms with E-state index >= 15 is 0 Å². The summed E-state index contributed by atoms with van der Waals surface area (Å²) in [6.45, 7) is 3.08. The fourth-order valence-corrected chi connectivity index (χ4v) is 3.56. The molecule has 2 aliphatic rings. The number of alkyl halides is 8. The fourth-order valence-electron chi connectivity index (χ4n) is 3.56. The van der Waals surface area contributed by atoms with E-state index in [4.69, 9.17) is 9.47 Å². The summed E-state index contributed by atoms with van der Waals surface area (Å²) in [5.41, 5.74) is 0. The summed E-state index contributed by atoms with van der Waals surface area (Å²) in [6.07, 6.45) is 0.0135. The van der Waals surface area contributed by atoms with E-state index < -0.39 is 48.6 Å². The Morgan fingerprint density at radius 1 is 0.611 bits per heavy atom. The molecule has 2 saturated heterocycles. The molecule has 2 aliphatic heterocycles. The van der Waals surface area contributed by atoms with E-state index in [0.717, 1.165) is 0 Å². The molecule has 8 nitrogen and oxygen atoms in total. The lowest BCUT2D eigenvalue weighted by atomic mass is 9.97. The highest BCUT2D eigenvalue weighted by Crippen LogP contribution is 2.52. The van der Waals surface area contributed by atoms with E-state index in [-0.39, 0.29) is 25.9 Å². The number of carbonyl (C=O) groups excluding carboxylic acids is 2. The third-order valence-electron chi connectivity index (χ3n) is 5.83. The summed E-state index contributed by atoms with van der Waals surface area (Å²) in [7, 11) is 0. The molecule has 36 heavy (non-hydrogen) atoms. The smallest absolute Gasteiger partial charge is 0.379 e. The molecule has 2 amide bonds. The van der Waals surface area contributed by atoms with Crippen LogP contribution in [0.2, 0.25) is 0 Å². The normalized spacial score (nSPS) is 19.2. The number of nitrogens with one attached hydrogen (secondary N) is 2. The molecule has 2 fully saturated rings. The largest absolute Gasteiger partial charge is 0.392 e. The molecule has 2 N–H and O–H groups in total. The number of hydrogen-bond donors (Lipinski definition) is 2. The lowest BCUT2D eigenvalue weighted by Crippen LogP contribution is -2.69. The van der Waals surface area contributed by atoms with Gasteiger partial charge in [-0.2, -0.15) is 35.1 Å². The number of nitrogens with zero attached hydrogens (tertiary/aromatic N) is 2. The summed E-state index contributed by atoms with van der Waals surface area (Å²) in [5.74, 6) is -31.9. The first-order valence-corrected chi connectivity index (χ1v) is 11.4. The summed E-state index contributed by atoms with van der Waals surface area (Å²) >= 11 is 0.